The topological polar surface area (TPSA) is 100 Å². The summed E-state index contributed by atoms with van der Waals surface area (Å²) in [6, 6.07) is 3.52. The van der Waals surface area contributed by atoms with Crippen molar-refractivity contribution >= 4 is 15.7 Å². The molecule has 1 aromatic rings. The smallest absolute Gasteiger partial charge is 0.260 e. The standard InChI is InChI=1S/C13H21N5O2S/c14-16-11-4-3-7-15-13(11)21(19,20)17-10-6-9-18-8-2-1-5-12(10)18/h3-4,7,10,12,16-17H,1-2,5-6,8-9,14H2. The molecular weight excluding hydrogens is 290 g/mol. The minimum Gasteiger partial charge on any atom is -0.321 e. The van der Waals surface area contributed by atoms with Crippen molar-refractivity contribution in [3.8, 4) is 0 Å². The second-order valence-corrected chi connectivity index (χ2v) is 7.25. The van der Waals surface area contributed by atoms with E-state index in [0.29, 0.717) is 11.7 Å². The second kappa shape index (κ2) is 5.88. The molecule has 0 aromatic carbocycles. The fraction of sp³-hybridized carbons (Fsp3) is 0.615. The number of pyridine rings is 1. The average Bonchev–Trinajstić information content (AvgIpc) is 2.90. The zero-order valence-electron chi connectivity index (χ0n) is 11.8. The molecule has 1 aromatic heterocycles. The van der Waals surface area contributed by atoms with Gasteiger partial charge in [-0.1, -0.05) is 6.42 Å². The van der Waals surface area contributed by atoms with E-state index in [1.165, 1.54) is 19.0 Å². The first kappa shape index (κ1) is 14.7. The normalized spacial score (nSPS) is 26.5. The zero-order chi connectivity index (χ0) is 14.9. The first-order chi connectivity index (χ1) is 10.1. The van der Waals surface area contributed by atoms with Crippen LogP contribution in [-0.2, 0) is 10.0 Å². The summed E-state index contributed by atoms with van der Waals surface area (Å²) in [5, 5.41) is -0.0400. The Morgan fingerprint density at radius 1 is 1.29 bits per heavy atom. The van der Waals surface area contributed by atoms with E-state index in [1.54, 1.807) is 12.1 Å². The van der Waals surface area contributed by atoms with Crippen LogP contribution in [-0.4, -0.2) is 43.5 Å². The van der Waals surface area contributed by atoms with Crippen molar-refractivity contribution in [3.63, 3.8) is 0 Å². The van der Waals surface area contributed by atoms with Crippen molar-refractivity contribution in [2.75, 3.05) is 18.5 Å². The number of aromatic nitrogens is 1. The Bertz CT molecular complexity index is 606. The van der Waals surface area contributed by atoms with Gasteiger partial charge in [-0.25, -0.2) is 18.1 Å². The van der Waals surface area contributed by atoms with Crippen LogP contribution in [0.2, 0.25) is 0 Å². The number of hydrogen-bond acceptors (Lipinski definition) is 6. The van der Waals surface area contributed by atoms with Crippen LogP contribution in [0.25, 0.3) is 0 Å². The zero-order valence-corrected chi connectivity index (χ0v) is 12.6. The van der Waals surface area contributed by atoms with Gasteiger partial charge in [0.05, 0.1) is 5.69 Å². The summed E-state index contributed by atoms with van der Waals surface area (Å²) in [6.45, 7) is 2.03. The fourth-order valence-electron chi connectivity index (χ4n) is 3.35. The van der Waals surface area contributed by atoms with E-state index in [-0.39, 0.29) is 11.1 Å². The number of sulfonamides is 1. The summed E-state index contributed by atoms with van der Waals surface area (Å²) in [5.74, 6) is 5.37. The molecule has 0 radical (unpaired) electrons. The van der Waals surface area contributed by atoms with Crippen molar-refractivity contribution in [3.05, 3.63) is 18.3 Å². The van der Waals surface area contributed by atoms with Crippen molar-refractivity contribution < 1.29 is 8.42 Å². The molecule has 8 heteroatoms. The highest BCUT2D eigenvalue weighted by molar-refractivity contribution is 7.89. The van der Waals surface area contributed by atoms with Crippen LogP contribution in [0.1, 0.15) is 25.7 Å². The van der Waals surface area contributed by atoms with Gasteiger partial charge in [0.2, 0.25) is 0 Å². The van der Waals surface area contributed by atoms with Gasteiger partial charge in [0.1, 0.15) is 0 Å². The van der Waals surface area contributed by atoms with E-state index < -0.39 is 10.0 Å². The Labute approximate surface area is 124 Å². The number of nitrogens with zero attached hydrogens (tertiary/aromatic N) is 2. The molecule has 3 heterocycles. The van der Waals surface area contributed by atoms with E-state index in [0.717, 1.165) is 25.9 Å². The SMILES string of the molecule is NNc1cccnc1S(=O)(=O)NC1CCN2CCCCC12. The average molecular weight is 311 g/mol. The first-order valence-corrected chi connectivity index (χ1v) is 8.78. The lowest BCUT2D eigenvalue weighted by molar-refractivity contribution is 0.186. The highest BCUT2D eigenvalue weighted by Gasteiger charge is 2.38. The summed E-state index contributed by atoms with van der Waals surface area (Å²) in [5.41, 5.74) is 2.70. The molecule has 0 bridgehead atoms. The Hall–Kier alpha value is -1.22. The Morgan fingerprint density at radius 2 is 2.14 bits per heavy atom. The molecular formula is C13H21N5O2S. The predicted molar refractivity (Wildman–Crippen MR) is 80.0 cm³/mol. The minimum atomic E-state index is -3.67. The number of piperidine rings is 1. The first-order valence-electron chi connectivity index (χ1n) is 7.30. The number of nitrogens with two attached hydrogens (primary N) is 1. The fourth-order valence-corrected chi connectivity index (χ4v) is 4.76. The maximum Gasteiger partial charge on any atom is 0.260 e. The van der Waals surface area contributed by atoms with Gasteiger partial charge in [-0.3, -0.25) is 10.7 Å². The summed E-state index contributed by atoms with van der Waals surface area (Å²) in [7, 11) is -3.67. The molecule has 0 amide bonds. The third-order valence-electron chi connectivity index (χ3n) is 4.34. The molecule has 7 nitrogen and oxygen atoms in total. The van der Waals surface area contributed by atoms with Crippen molar-refractivity contribution in [2.24, 2.45) is 5.84 Å². The van der Waals surface area contributed by atoms with E-state index in [1.807, 2.05) is 0 Å². The van der Waals surface area contributed by atoms with Crippen LogP contribution in [0.3, 0.4) is 0 Å². The van der Waals surface area contributed by atoms with Gasteiger partial charge in [-0.2, -0.15) is 0 Å². The number of hydrazine groups is 1. The van der Waals surface area contributed by atoms with Gasteiger partial charge in [0.25, 0.3) is 10.0 Å². The molecule has 0 saturated carbocycles. The van der Waals surface area contributed by atoms with Crippen LogP contribution in [0.15, 0.2) is 23.4 Å². The molecule has 3 rings (SSSR count). The monoisotopic (exact) mass is 311 g/mol. The van der Waals surface area contributed by atoms with Gasteiger partial charge in [0, 0.05) is 24.8 Å². The van der Waals surface area contributed by atoms with Crippen LogP contribution < -0.4 is 16.0 Å². The van der Waals surface area contributed by atoms with Gasteiger partial charge >= 0.3 is 0 Å². The van der Waals surface area contributed by atoms with E-state index in [4.69, 9.17) is 5.84 Å². The van der Waals surface area contributed by atoms with Crippen molar-refractivity contribution in [1.29, 1.82) is 0 Å². The number of nitrogen functional groups attached to an aromatic ring is 1. The Balaban J connectivity index is 1.80. The predicted octanol–water partition coefficient (Wildman–Crippen LogP) is 0.272. The van der Waals surface area contributed by atoms with E-state index >= 15 is 0 Å². The lowest BCUT2D eigenvalue weighted by Gasteiger charge is -2.32. The summed E-state index contributed by atoms with van der Waals surface area (Å²) in [6.07, 6.45) is 5.73. The maximum atomic E-state index is 12.6. The van der Waals surface area contributed by atoms with E-state index in [2.05, 4.69) is 20.0 Å². The number of rotatable bonds is 4. The highest BCUT2D eigenvalue weighted by Crippen LogP contribution is 2.28. The lowest BCUT2D eigenvalue weighted by Crippen LogP contribution is -2.46. The summed E-state index contributed by atoms with van der Waals surface area (Å²) >= 11 is 0. The number of fused-ring (bicyclic) bond motifs is 1. The van der Waals surface area contributed by atoms with Gasteiger partial charge in [-0.15, -0.1) is 0 Å². The molecule has 0 aliphatic carbocycles. The van der Waals surface area contributed by atoms with Crippen LogP contribution >= 0.6 is 0 Å². The molecule has 21 heavy (non-hydrogen) atoms. The Morgan fingerprint density at radius 3 is 2.95 bits per heavy atom. The molecule has 4 N–H and O–H groups in total. The maximum absolute atomic E-state index is 12.6. The van der Waals surface area contributed by atoms with Crippen LogP contribution in [0.4, 0.5) is 5.69 Å². The minimum absolute atomic E-state index is 0.0390. The van der Waals surface area contributed by atoms with Crippen LogP contribution in [0, 0.1) is 0 Å². The molecule has 2 atom stereocenters. The summed E-state index contributed by atoms with van der Waals surface area (Å²) in [4.78, 5) is 6.35. The summed E-state index contributed by atoms with van der Waals surface area (Å²) < 4.78 is 27.9. The third-order valence-corrected chi connectivity index (χ3v) is 5.79. The van der Waals surface area contributed by atoms with Crippen LogP contribution in [0.5, 0.6) is 0 Å². The molecule has 116 valence electrons. The molecule has 0 spiro atoms. The van der Waals surface area contributed by atoms with Gasteiger partial charge in [0.15, 0.2) is 5.03 Å². The van der Waals surface area contributed by atoms with Crippen molar-refractivity contribution in [1.82, 2.24) is 14.6 Å². The van der Waals surface area contributed by atoms with Crippen molar-refractivity contribution in [2.45, 2.75) is 42.8 Å². The quantitative estimate of drug-likeness (QED) is 0.545. The highest BCUT2D eigenvalue weighted by atomic mass is 32.2. The third kappa shape index (κ3) is 2.89. The Kier molecular flexibility index (Phi) is 4.12. The number of anilines is 1. The second-order valence-electron chi connectivity index (χ2n) is 5.62. The number of nitrogens with one attached hydrogen (secondary N) is 2. The molecule has 2 aliphatic heterocycles. The largest absolute Gasteiger partial charge is 0.321 e. The molecule has 2 fully saturated rings. The van der Waals surface area contributed by atoms with Gasteiger partial charge < -0.3 is 5.43 Å². The van der Waals surface area contributed by atoms with E-state index in [9.17, 15) is 8.42 Å². The lowest BCUT2D eigenvalue weighted by atomic mass is 10.00. The number of hydrogen-bond donors (Lipinski definition) is 3. The molecule has 2 unspecified atom stereocenters. The van der Waals surface area contributed by atoms with Gasteiger partial charge in [-0.05, 0) is 37.9 Å². The molecule has 2 saturated heterocycles. The molecule has 2 aliphatic rings.